The van der Waals surface area contributed by atoms with Crippen molar-refractivity contribution in [1.82, 2.24) is 4.86 Å². The monoisotopic (exact) mass is 1540 g/mol. The second-order valence-electron chi connectivity index (χ2n) is 26.5. The first-order chi connectivity index (χ1) is 48.7. The summed E-state index contributed by atoms with van der Waals surface area (Å²) in [5, 5.41) is 0. The molecule has 7 nitrogen and oxygen atoms in total. The topological polar surface area (TPSA) is 95.1 Å². The van der Waals surface area contributed by atoms with E-state index in [1.165, 1.54) is 0 Å². The fourth-order valence-electron chi connectivity index (χ4n) is 15.0. The van der Waals surface area contributed by atoms with Crippen molar-refractivity contribution in [2.45, 2.75) is 152 Å². The van der Waals surface area contributed by atoms with E-state index >= 15 is 115 Å². The number of rotatable bonds is 6. The molecule has 0 saturated heterocycles. The van der Waals surface area contributed by atoms with Gasteiger partial charge in [0.2, 0.25) is 0 Å². The van der Waals surface area contributed by atoms with E-state index in [9.17, 15) is 0 Å². The minimum Gasteiger partial charge on any atom is -0.599 e. The molecule has 0 atom stereocenters. The zero-order valence-electron chi connectivity index (χ0n) is 53.5. The Morgan fingerprint density at radius 3 is 0.562 bits per heavy atom. The first-order valence-corrected chi connectivity index (χ1v) is 35.5. The molecule has 1 N–H and O–H groups in total. The molecule has 8 aromatic rings. The number of halogens is 24. The zero-order valence-corrected chi connectivity index (χ0v) is 55.3. The van der Waals surface area contributed by atoms with E-state index in [1.54, 1.807) is 0 Å². The predicted molar refractivity (Wildman–Crippen MR) is 332 cm³/mol. The third kappa shape index (κ3) is 14.0. The molecule has 0 saturated carbocycles. The number of hydrogen-bond donors (Lipinski definition) is 1. The van der Waals surface area contributed by atoms with Gasteiger partial charge in [0.25, 0.3) is 0 Å². The highest BCUT2D eigenvalue weighted by molar-refractivity contribution is 7.73. The first-order valence-electron chi connectivity index (χ1n) is 32.5. The normalized spacial score (nSPS) is 17.3. The molecule has 8 aromatic carbocycles. The van der Waals surface area contributed by atoms with Gasteiger partial charge in [0, 0.05) is 44.5 Å². The van der Waals surface area contributed by atoms with Crippen molar-refractivity contribution in [3.8, 4) is 89.8 Å². The summed E-state index contributed by atoms with van der Waals surface area (Å²) >= 11 is 0. The molecule has 0 aromatic heterocycles. The standard InChI is InChI=1S/C72H49F24NO6P2/c73-65(74,75)41-17-37(18-42(29-41)66(76,77)78)53-25-33-9-1-5-13-49(33)57-58-50-14-6-2-10-34(50)26-54(38-19-43(67(79,80)81)30-44(20-38)68(82,83)84)62(58)101-104(98,100-61(53)57)97-105(99)102-63-55(39-21-45(69(85,86)87)31-46(22-39)70(88,89)90)27-35-11-3-7-15-51(35)59(63)60-52-16-8-4-12-36(52)28-56(64(60)103-105)40-23-47(71(91,92)93)32-48(24-40)72(94,95)96/h17-32H,1-16H2,(H,97,98,99). The summed E-state index contributed by atoms with van der Waals surface area (Å²) < 4.78 is 387. The average Bonchev–Trinajstić information content (AvgIpc) is 1.60. The molecule has 0 fully saturated rings. The van der Waals surface area contributed by atoms with Crippen molar-refractivity contribution in [2.75, 3.05) is 0 Å². The Kier molecular flexibility index (Phi) is 17.8. The Hall–Kier alpha value is -7.98. The van der Waals surface area contributed by atoms with Gasteiger partial charge < -0.3 is 9.79 Å². The number of fused-ring (bicyclic) bond motifs is 14. The van der Waals surface area contributed by atoms with E-state index in [4.69, 9.17) is 18.1 Å². The number of nitrogens with one attached hydrogen (secondary N) is 1. The van der Waals surface area contributed by atoms with E-state index in [0.717, 1.165) is 24.3 Å². The molecule has 0 spiro atoms. The Bertz CT molecular complexity index is 4170. The van der Waals surface area contributed by atoms with E-state index in [-0.39, 0.29) is 220 Å². The second kappa shape index (κ2) is 25.3. The number of hydrogen-bond acceptors (Lipinski definition) is 7. The first kappa shape index (κ1) is 73.9. The molecule has 4 aliphatic carbocycles. The van der Waals surface area contributed by atoms with E-state index in [0.29, 0.717) is 0 Å². The van der Waals surface area contributed by atoms with E-state index < -0.39 is 200 Å². The summed E-state index contributed by atoms with van der Waals surface area (Å²) in [6.07, 6.45) is -43.8. The SMILES string of the molecule is [O-][P+]1(N[P+]2([O-])Oc3c(-c4cc(C(F)(F)F)cc(C(F)(F)F)c4)cc4c(c3-c3c5c(cc(-c6cc(C(F)(F)F)cc(C(F)(F)F)c6)c3O2)CCCC5)CCCC4)Oc2c(-c3cc(C(F)(F)F)cc(C(F)(F)F)c3)cc3c(c2-c2c4c(cc(-c5cc(C(F)(F)F)cc(C(F)(F)F)c5)c2O1)CCCC4)CCCC3. The maximum absolute atomic E-state index is 17.3. The largest absolute Gasteiger partial charge is 0.599 e. The van der Waals surface area contributed by atoms with Crippen molar-refractivity contribution >= 4 is 16.2 Å². The Labute approximate surface area is 580 Å². The lowest BCUT2D eigenvalue weighted by atomic mass is 9.77. The van der Waals surface area contributed by atoms with Crippen LogP contribution in [0.5, 0.6) is 23.0 Å². The van der Waals surface area contributed by atoms with Crippen molar-refractivity contribution in [3.05, 3.63) is 186 Å². The Morgan fingerprint density at radius 1 is 0.238 bits per heavy atom. The Morgan fingerprint density at radius 2 is 0.400 bits per heavy atom. The molecule has 33 heteroatoms. The van der Waals surface area contributed by atoms with Gasteiger partial charge in [-0.3, -0.25) is 18.1 Å². The summed E-state index contributed by atoms with van der Waals surface area (Å²) in [4.78, 5) is 36.5. The molecule has 2 heterocycles. The van der Waals surface area contributed by atoms with Crippen LogP contribution in [0.1, 0.15) is 140 Å². The van der Waals surface area contributed by atoms with Gasteiger partial charge in [0.15, 0.2) is 23.0 Å². The molecule has 6 aliphatic rings. The summed E-state index contributed by atoms with van der Waals surface area (Å²) in [7, 11) is -13.3. The van der Waals surface area contributed by atoms with E-state index in [1.807, 2.05) is 4.86 Å². The van der Waals surface area contributed by atoms with Gasteiger partial charge in [-0.25, -0.2) is 0 Å². The lowest BCUT2D eigenvalue weighted by Gasteiger charge is -2.33. The molecule has 0 unspecified atom stereocenters. The summed E-state index contributed by atoms with van der Waals surface area (Å²) in [6, 6.07) is 4.89. The third-order valence-corrected chi connectivity index (χ3v) is 23.2. The molecular weight excluding hydrogens is 1490 g/mol. The highest BCUT2D eigenvalue weighted by atomic mass is 31.3. The molecule has 0 bridgehead atoms. The highest BCUT2D eigenvalue weighted by Gasteiger charge is 2.58. The number of alkyl halides is 24. The number of aryl methyl sites for hydroxylation is 4. The zero-order chi connectivity index (χ0) is 75.6. The predicted octanol–water partition coefficient (Wildman–Crippen LogP) is 23.3. The summed E-state index contributed by atoms with van der Waals surface area (Å²) in [5.41, 5.74) is -24.1. The van der Waals surface area contributed by atoms with Crippen LogP contribution in [0.4, 0.5) is 105 Å². The highest BCUT2D eigenvalue weighted by Crippen LogP contribution is 2.72. The smallest absolute Gasteiger partial charge is 0.446 e. The minimum absolute atomic E-state index is 0.0578. The van der Waals surface area contributed by atoms with Crippen molar-refractivity contribution < 1.29 is 133 Å². The van der Waals surface area contributed by atoms with Gasteiger partial charge in [0.1, 0.15) is 0 Å². The summed E-state index contributed by atoms with van der Waals surface area (Å²) in [5.74, 6) is -4.22. The molecule has 14 rings (SSSR count). The van der Waals surface area contributed by atoms with Crippen LogP contribution in [-0.4, -0.2) is 0 Å². The van der Waals surface area contributed by atoms with Gasteiger partial charge >= 0.3 is 65.6 Å². The lowest BCUT2D eigenvalue weighted by Crippen LogP contribution is -2.41. The fourth-order valence-corrected chi connectivity index (χ4v) is 18.7. The fraction of sp³-hybridized carbons (Fsp3) is 0.333. The summed E-state index contributed by atoms with van der Waals surface area (Å²) in [6.45, 7) is 0. The van der Waals surface area contributed by atoms with Crippen LogP contribution in [0.25, 0.3) is 66.8 Å². The van der Waals surface area contributed by atoms with Crippen molar-refractivity contribution in [3.63, 3.8) is 0 Å². The molecule has 0 radical (unpaired) electrons. The van der Waals surface area contributed by atoms with Crippen molar-refractivity contribution in [1.29, 1.82) is 0 Å². The van der Waals surface area contributed by atoms with Gasteiger partial charge in [-0.15, -0.1) is 0 Å². The molecular formula is C72H49F24NO6P2. The average molecular weight is 1540 g/mol. The van der Waals surface area contributed by atoms with Crippen LogP contribution in [0.15, 0.2) is 97.1 Å². The lowest BCUT2D eigenvalue weighted by molar-refractivity contribution is -0.218. The second-order valence-corrected chi connectivity index (χ2v) is 30.1. The molecule has 0 amide bonds. The van der Waals surface area contributed by atoms with Crippen LogP contribution < -0.4 is 32.7 Å². The van der Waals surface area contributed by atoms with Crippen LogP contribution in [0, 0.1) is 0 Å². The van der Waals surface area contributed by atoms with Crippen molar-refractivity contribution in [2.24, 2.45) is 0 Å². The van der Waals surface area contributed by atoms with Gasteiger partial charge in [-0.2, -0.15) is 105 Å². The van der Waals surface area contributed by atoms with Gasteiger partial charge in [-0.1, -0.05) is 0 Å². The van der Waals surface area contributed by atoms with Crippen LogP contribution in [-0.2, 0) is 101 Å². The van der Waals surface area contributed by atoms with Crippen LogP contribution >= 0.6 is 16.2 Å². The van der Waals surface area contributed by atoms with E-state index in [2.05, 4.69) is 0 Å². The quantitative estimate of drug-likeness (QED) is 0.131. The third-order valence-electron chi connectivity index (χ3n) is 19.6. The molecule has 556 valence electrons. The minimum atomic E-state index is -6.63. The van der Waals surface area contributed by atoms with Gasteiger partial charge in [0.05, 0.1) is 49.4 Å². The van der Waals surface area contributed by atoms with Crippen LogP contribution in [0.3, 0.4) is 0 Å². The molecule has 105 heavy (non-hydrogen) atoms. The molecule has 2 aliphatic heterocycles. The maximum Gasteiger partial charge on any atom is 0.446 e. The maximum atomic E-state index is 17.3. The van der Waals surface area contributed by atoms with Crippen LogP contribution in [0.2, 0.25) is 0 Å². The number of benzene rings is 8. The Balaban J connectivity index is 1.12. The van der Waals surface area contributed by atoms with Gasteiger partial charge in [-0.05, 0) is 267 Å².